The van der Waals surface area contributed by atoms with Crippen LogP contribution in [0.1, 0.15) is 6.92 Å². The molecule has 0 atom stereocenters. The molecule has 0 unspecified atom stereocenters. The van der Waals surface area contributed by atoms with Crippen LogP contribution in [0.3, 0.4) is 0 Å². The summed E-state index contributed by atoms with van der Waals surface area (Å²) in [5.74, 6) is -0.229. The van der Waals surface area contributed by atoms with E-state index in [1.54, 1.807) is 13.2 Å². The maximum atomic E-state index is 11.5. The maximum absolute atomic E-state index is 11.5. The van der Waals surface area contributed by atoms with Crippen LogP contribution in [0, 0.1) is 0 Å². The Morgan fingerprint density at radius 1 is 1.38 bits per heavy atom. The van der Waals surface area contributed by atoms with Crippen molar-refractivity contribution in [2.24, 2.45) is 0 Å². The molecule has 0 amide bonds. The third-order valence-electron chi connectivity index (χ3n) is 1.83. The van der Waals surface area contributed by atoms with Gasteiger partial charge in [0.25, 0.3) is 0 Å². The molecule has 0 saturated heterocycles. The van der Waals surface area contributed by atoms with Crippen LogP contribution in [-0.2, 0) is 14.3 Å². The lowest BCUT2D eigenvalue weighted by molar-refractivity contribution is -0.117. The van der Waals surface area contributed by atoms with E-state index in [0.717, 1.165) is 0 Å². The van der Waals surface area contributed by atoms with Gasteiger partial charge >= 0.3 is 0 Å². The highest BCUT2D eigenvalue weighted by Crippen LogP contribution is 2.26. The van der Waals surface area contributed by atoms with Gasteiger partial charge in [0.2, 0.25) is 5.78 Å². The van der Waals surface area contributed by atoms with Gasteiger partial charge in [-0.1, -0.05) is 0 Å². The van der Waals surface area contributed by atoms with Gasteiger partial charge in [-0.15, -0.1) is 11.8 Å². The fraction of sp³-hybridized carbons (Fsp3) is 0.333. The summed E-state index contributed by atoms with van der Waals surface area (Å²) in [5.41, 5.74) is 0.498. The van der Waals surface area contributed by atoms with Gasteiger partial charge in [-0.25, -0.2) is 0 Å². The van der Waals surface area contributed by atoms with E-state index in [1.165, 1.54) is 24.9 Å². The molecule has 0 N–H and O–H groups in total. The summed E-state index contributed by atoms with van der Waals surface area (Å²) >= 11 is 1.27. The molecular weight excluding hydrogens is 188 g/mol. The smallest absolute Gasteiger partial charge is 0.234 e. The minimum atomic E-state index is -0.202. The van der Waals surface area contributed by atoms with E-state index in [-0.39, 0.29) is 17.3 Å². The van der Waals surface area contributed by atoms with Gasteiger partial charge < -0.3 is 4.74 Å². The summed E-state index contributed by atoms with van der Waals surface area (Å²) in [5, 5.41) is 0. The van der Waals surface area contributed by atoms with Crippen molar-refractivity contribution in [1.29, 1.82) is 0 Å². The number of thioether (sulfide) groups is 1. The summed E-state index contributed by atoms with van der Waals surface area (Å²) < 4.78 is 4.80. The van der Waals surface area contributed by atoms with Gasteiger partial charge in [-0.3, -0.25) is 9.59 Å². The number of Topliss-reactive ketones (excluding diaryl/α,β-unsaturated/α-hetero) is 1. The maximum Gasteiger partial charge on any atom is 0.234 e. The number of carbonyl (C=O) groups excluding carboxylic acids is 2. The summed E-state index contributed by atoms with van der Waals surface area (Å²) in [6.45, 7) is 1.65. The first-order chi connectivity index (χ1) is 6.11. The molecule has 0 radical (unpaired) electrons. The number of ketones is 2. The number of ether oxygens (including phenoxy) is 1. The molecule has 0 aliphatic heterocycles. The molecule has 1 aliphatic rings. The van der Waals surface area contributed by atoms with Crippen LogP contribution in [0.25, 0.3) is 0 Å². The Morgan fingerprint density at radius 2 is 2.00 bits per heavy atom. The van der Waals surface area contributed by atoms with Crippen molar-refractivity contribution in [2.45, 2.75) is 6.92 Å². The van der Waals surface area contributed by atoms with Gasteiger partial charge in [0.15, 0.2) is 11.5 Å². The molecule has 4 heteroatoms. The van der Waals surface area contributed by atoms with E-state index < -0.39 is 0 Å². The van der Waals surface area contributed by atoms with Crippen LogP contribution in [-0.4, -0.2) is 24.9 Å². The van der Waals surface area contributed by atoms with E-state index in [1.807, 2.05) is 0 Å². The van der Waals surface area contributed by atoms with Crippen molar-refractivity contribution >= 4 is 23.3 Å². The molecule has 0 aromatic carbocycles. The lowest BCUT2D eigenvalue weighted by atomic mass is 10.0. The van der Waals surface area contributed by atoms with E-state index in [0.29, 0.717) is 10.5 Å². The third kappa shape index (κ3) is 1.67. The summed E-state index contributed by atoms with van der Waals surface area (Å²) in [7, 11) is 1.38. The molecule has 1 rings (SSSR count). The van der Waals surface area contributed by atoms with Crippen molar-refractivity contribution in [2.75, 3.05) is 13.4 Å². The van der Waals surface area contributed by atoms with Gasteiger partial charge in [0.1, 0.15) is 0 Å². The number of methoxy groups -OCH3 is 1. The standard InChI is InChI=1S/C9H10O3S/c1-5-6(10)4-7(12-2)8(11)9(5)13-3/h4H,1-3H3. The molecule has 0 spiro atoms. The van der Waals surface area contributed by atoms with Crippen molar-refractivity contribution in [3.63, 3.8) is 0 Å². The first-order valence-electron chi connectivity index (χ1n) is 3.71. The fourth-order valence-electron chi connectivity index (χ4n) is 1.08. The molecule has 0 heterocycles. The number of hydrogen-bond donors (Lipinski definition) is 0. The monoisotopic (exact) mass is 198 g/mol. The third-order valence-corrected chi connectivity index (χ3v) is 2.73. The van der Waals surface area contributed by atoms with Crippen LogP contribution in [0.5, 0.6) is 0 Å². The number of allylic oxidation sites excluding steroid dienone is 3. The number of carbonyl (C=O) groups is 2. The molecule has 3 nitrogen and oxygen atoms in total. The van der Waals surface area contributed by atoms with Crippen LogP contribution < -0.4 is 0 Å². The van der Waals surface area contributed by atoms with Gasteiger partial charge in [-0.05, 0) is 13.2 Å². The molecule has 13 heavy (non-hydrogen) atoms. The molecule has 0 fully saturated rings. The first-order valence-corrected chi connectivity index (χ1v) is 4.94. The summed E-state index contributed by atoms with van der Waals surface area (Å²) in [4.78, 5) is 23.3. The van der Waals surface area contributed by atoms with Crippen LogP contribution in [0.15, 0.2) is 22.3 Å². The van der Waals surface area contributed by atoms with Gasteiger partial charge in [-0.2, -0.15) is 0 Å². The summed E-state index contributed by atoms with van der Waals surface area (Å²) in [6.07, 6.45) is 3.00. The van der Waals surface area contributed by atoms with Crippen LogP contribution >= 0.6 is 11.8 Å². The largest absolute Gasteiger partial charge is 0.492 e. The molecule has 0 aromatic heterocycles. The molecule has 1 aliphatic carbocycles. The van der Waals surface area contributed by atoms with E-state index in [4.69, 9.17) is 4.74 Å². The Kier molecular flexibility index (Phi) is 2.93. The summed E-state index contributed by atoms with van der Waals surface area (Å²) in [6, 6.07) is 0. The lowest BCUT2D eigenvalue weighted by Gasteiger charge is -2.13. The van der Waals surface area contributed by atoms with E-state index in [9.17, 15) is 9.59 Å². The van der Waals surface area contributed by atoms with Crippen LogP contribution in [0.4, 0.5) is 0 Å². The van der Waals surface area contributed by atoms with Gasteiger partial charge in [0.05, 0.1) is 12.0 Å². The molecule has 0 aromatic rings. The normalized spacial score (nSPS) is 17.6. The zero-order valence-corrected chi connectivity index (χ0v) is 8.53. The van der Waals surface area contributed by atoms with E-state index in [2.05, 4.69) is 0 Å². The molecule has 70 valence electrons. The minimum Gasteiger partial charge on any atom is -0.492 e. The van der Waals surface area contributed by atoms with Crippen molar-refractivity contribution in [3.8, 4) is 0 Å². The second kappa shape index (κ2) is 3.79. The Labute approximate surface area is 80.8 Å². The average molecular weight is 198 g/mol. The Morgan fingerprint density at radius 3 is 2.46 bits per heavy atom. The van der Waals surface area contributed by atoms with E-state index >= 15 is 0 Å². The highest BCUT2D eigenvalue weighted by atomic mass is 32.2. The quantitative estimate of drug-likeness (QED) is 0.627. The second-order valence-corrected chi connectivity index (χ2v) is 3.38. The van der Waals surface area contributed by atoms with Crippen molar-refractivity contribution < 1.29 is 14.3 Å². The Hall–Kier alpha value is -1.03. The van der Waals surface area contributed by atoms with Gasteiger partial charge in [0, 0.05) is 11.6 Å². The lowest BCUT2D eigenvalue weighted by Crippen LogP contribution is -2.17. The highest BCUT2D eigenvalue weighted by molar-refractivity contribution is 8.03. The zero-order valence-electron chi connectivity index (χ0n) is 7.71. The first kappa shape index (κ1) is 10.1. The second-order valence-electron chi connectivity index (χ2n) is 2.56. The number of hydrogen-bond acceptors (Lipinski definition) is 4. The van der Waals surface area contributed by atoms with Crippen molar-refractivity contribution in [3.05, 3.63) is 22.3 Å². The average Bonchev–Trinajstić information content (AvgIpc) is 2.12. The number of rotatable bonds is 2. The molecule has 0 bridgehead atoms. The zero-order chi connectivity index (χ0) is 10.0. The molecular formula is C9H10O3S. The highest BCUT2D eigenvalue weighted by Gasteiger charge is 2.25. The molecule has 0 saturated carbocycles. The minimum absolute atomic E-state index is 0.125. The topological polar surface area (TPSA) is 43.4 Å². The Balaban J connectivity index is 3.14. The van der Waals surface area contributed by atoms with Crippen molar-refractivity contribution in [1.82, 2.24) is 0 Å². The SMILES string of the molecule is COC1=CC(=O)C(C)=C(SC)C1=O. The predicted molar refractivity (Wildman–Crippen MR) is 51.3 cm³/mol. The Bertz CT molecular complexity index is 326. The van der Waals surface area contributed by atoms with Crippen LogP contribution in [0.2, 0.25) is 0 Å². The predicted octanol–water partition coefficient (Wildman–Crippen LogP) is 1.31. The fourth-order valence-corrected chi connectivity index (χ4v) is 1.78.